The van der Waals surface area contributed by atoms with Gasteiger partial charge in [0.1, 0.15) is 11.5 Å². The number of rotatable bonds is 3. The minimum Gasteiger partial charge on any atom is -0.298 e. The molecule has 4 rings (SSSR count). The topological polar surface area (TPSA) is 57.1 Å². The van der Waals surface area contributed by atoms with Crippen molar-refractivity contribution < 1.29 is 9.18 Å². The number of hydrazone groups is 1. The van der Waals surface area contributed by atoms with E-state index in [-0.39, 0.29) is 16.5 Å². The molecule has 2 aliphatic rings. The Balaban J connectivity index is 1.96. The van der Waals surface area contributed by atoms with Gasteiger partial charge in [0, 0.05) is 11.0 Å². The van der Waals surface area contributed by atoms with Crippen LogP contribution in [0.3, 0.4) is 0 Å². The number of hydrogen-bond acceptors (Lipinski definition) is 5. The molecule has 2 aromatic rings. The van der Waals surface area contributed by atoms with E-state index in [0.29, 0.717) is 27.2 Å². The van der Waals surface area contributed by atoms with Crippen LogP contribution in [-0.4, -0.2) is 21.8 Å². The van der Waals surface area contributed by atoms with Gasteiger partial charge in [-0.1, -0.05) is 53.7 Å². The zero-order chi connectivity index (χ0) is 19.0. The fourth-order valence-corrected chi connectivity index (χ4v) is 3.82. The van der Waals surface area contributed by atoms with Crippen molar-refractivity contribution in [1.82, 2.24) is 10.3 Å². The Morgan fingerprint density at radius 1 is 1.30 bits per heavy atom. The predicted octanol–water partition coefficient (Wildman–Crippen LogP) is 2.54. The standard InChI is InChI=1S/C19H14ClFN4OS/c1-2-10-27-19-23-18(26)16-11-6-3-4-9-14(11)22-17(25(16)24-19)15-12(20)7-5-8-13(15)21/h2-9,17H,1,10H2,(H,23,24,26)/t17-/m0/s1. The Bertz CT molecular complexity index is 1080. The normalized spacial score (nSPS) is 18.1. The molecular formula is C19H14ClFN4OS. The molecule has 8 heteroatoms. The molecule has 27 heavy (non-hydrogen) atoms. The Morgan fingerprint density at radius 2 is 2.11 bits per heavy atom. The second kappa shape index (κ2) is 7.17. The Kier molecular flexibility index (Phi) is 4.72. The zero-order valence-corrected chi connectivity index (χ0v) is 15.6. The van der Waals surface area contributed by atoms with E-state index in [4.69, 9.17) is 11.6 Å². The maximum atomic E-state index is 14.6. The number of carbonyl (C=O) groups excluding carboxylic acids is 1. The highest BCUT2D eigenvalue weighted by atomic mass is 35.5. The van der Waals surface area contributed by atoms with Gasteiger partial charge in [0.05, 0.1) is 15.9 Å². The summed E-state index contributed by atoms with van der Waals surface area (Å²) in [5.74, 6) is -0.256. The van der Waals surface area contributed by atoms with Gasteiger partial charge in [-0.2, -0.15) is 0 Å². The lowest BCUT2D eigenvalue weighted by Gasteiger charge is -2.34. The molecule has 0 spiro atoms. The van der Waals surface area contributed by atoms with Crippen LogP contribution in [0.1, 0.15) is 11.7 Å². The second-order valence-corrected chi connectivity index (χ2v) is 7.22. The van der Waals surface area contributed by atoms with Gasteiger partial charge in [-0.3, -0.25) is 15.1 Å². The SMILES string of the molecule is C=CCSC1=NN2C(=c3ccccc3=N[C@@H]2c2c(F)cccc2Cl)C(=O)N1. The van der Waals surface area contributed by atoms with E-state index in [1.165, 1.54) is 28.9 Å². The lowest BCUT2D eigenvalue weighted by molar-refractivity contribution is -0.116. The lowest BCUT2D eigenvalue weighted by atomic mass is 10.1. The average Bonchev–Trinajstić information content (AvgIpc) is 2.66. The minimum absolute atomic E-state index is 0.178. The van der Waals surface area contributed by atoms with Crippen molar-refractivity contribution in [3.8, 4) is 0 Å². The van der Waals surface area contributed by atoms with Crippen molar-refractivity contribution in [1.29, 1.82) is 0 Å². The molecule has 0 aliphatic carbocycles. The van der Waals surface area contributed by atoms with E-state index in [1.54, 1.807) is 24.3 Å². The van der Waals surface area contributed by atoms with Crippen molar-refractivity contribution in [2.24, 2.45) is 10.1 Å². The largest absolute Gasteiger partial charge is 0.298 e. The monoisotopic (exact) mass is 400 g/mol. The van der Waals surface area contributed by atoms with Crippen LogP contribution in [0.25, 0.3) is 5.70 Å². The number of nitrogens with one attached hydrogen (secondary N) is 1. The summed E-state index contributed by atoms with van der Waals surface area (Å²) in [5.41, 5.74) is 0.491. The van der Waals surface area contributed by atoms with Gasteiger partial charge in [0.25, 0.3) is 5.91 Å². The third-order valence-electron chi connectivity index (χ3n) is 4.11. The first-order valence-electron chi connectivity index (χ1n) is 8.14. The minimum atomic E-state index is -0.881. The number of hydrogen-bond donors (Lipinski definition) is 1. The molecule has 1 atom stereocenters. The molecule has 2 heterocycles. The van der Waals surface area contributed by atoms with Gasteiger partial charge in [-0.25, -0.2) is 9.40 Å². The van der Waals surface area contributed by atoms with Gasteiger partial charge < -0.3 is 0 Å². The molecule has 2 aromatic carbocycles. The number of benzene rings is 2. The Morgan fingerprint density at radius 3 is 2.89 bits per heavy atom. The third-order valence-corrected chi connectivity index (χ3v) is 5.30. The molecule has 5 nitrogen and oxygen atoms in total. The van der Waals surface area contributed by atoms with Crippen LogP contribution >= 0.6 is 23.4 Å². The quantitative estimate of drug-likeness (QED) is 0.805. The summed E-state index contributed by atoms with van der Waals surface area (Å²) >= 11 is 7.59. The number of nitrogens with zero attached hydrogens (tertiary/aromatic N) is 3. The molecule has 1 N–H and O–H groups in total. The van der Waals surface area contributed by atoms with Crippen LogP contribution in [0.15, 0.2) is 65.2 Å². The molecule has 0 radical (unpaired) electrons. The van der Waals surface area contributed by atoms with E-state index in [9.17, 15) is 9.18 Å². The van der Waals surface area contributed by atoms with E-state index >= 15 is 0 Å². The fourth-order valence-electron chi connectivity index (χ4n) is 2.98. The summed E-state index contributed by atoms with van der Waals surface area (Å²) < 4.78 is 14.6. The van der Waals surface area contributed by atoms with E-state index in [2.05, 4.69) is 22.0 Å². The number of halogens is 2. The van der Waals surface area contributed by atoms with Crippen LogP contribution in [0, 0.1) is 5.82 Å². The van der Waals surface area contributed by atoms with Gasteiger partial charge >= 0.3 is 0 Å². The molecule has 0 fully saturated rings. The number of fused-ring (bicyclic) bond motifs is 2. The number of thioether (sulfide) groups is 1. The number of amidine groups is 1. The molecular weight excluding hydrogens is 387 g/mol. The molecule has 0 saturated carbocycles. The van der Waals surface area contributed by atoms with Gasteiger partial charge in [0.15, 0.2) is 11.3 Å². The Labute approximate surface area is 163 Å². The number of para-hydroxylation sites is 1. The Hall–Kier alpha value is -2.64. The zero-order valence-electron chi connectivity index (χ0n) is 14.0. The van der Waals surface area contributed by atoms with E-state index in [0.717, 1.165) is 0 Å². The first-order valence-corrected chi connectivity index (χ1v) is 9.50. The smallest absolute Gasteiger partial charge is 0.276 e. The maximum absolute atomic E-state index is 14.6. The third kappa shape index (κ3) is 3.13. The van der Waals surface area contributed by atoms with Gasteiger partial charge in [-0.15, -0.1) is 11.7 Å². The average molecular weight is 401 g/mol. The fraction of sp³-hybridized carbons (Fsp3) is 0.105. The van der Waals surface area contributed by atoms with Crippen LogP contribution in [0.2, 0.25) is 5.02 Å². The second-order valence-electron chi connectivity index (χ2n) is 5.81. The molecule has 2 aliphatic heterocycles. The molecule has 0 unspecified atom stereocenters. The van der Waals surface area contributed by atoms with E-state index < -0.39 is 12.0 Å². The van der Waals surface area contributed by atoms with Crippen molar-refractivity contribution >= 4 is 40.1 Å². The van der Waals surface area contributed by atoms with Gasteiger partial charge in [-0.05, 0) is 18.2 Å². The highest BCUT2D eigenvalue weighted by molar-refractivity contribution is 8.14. The molecule has 136 valence electrons. The lowest BCUT2D eigenvalue weighted by Crippen LogP contribution is -2.50. The molecule has 0 saturated heterocycles. The van der Waals surface area contributed by atoms with Gasteiger partial charge in [0.2, 0.25) is 0 Å². The number of carbonyl (C=O) groups is 1. The summed E-state index contributed by atoms with van der Waals surface area (Å²) in [6.45, 7) is 3.67. The summed E-state index contributed by atoms with van der Waals surface area (Å²) in [5, 5.41) is 10.6. The van der Waals surface area contributed by atoms with Crippen LogP contribution in [0.4, 0.5) is 4.39 Å². The van der Waals surface area contributed by atoms with Crippen molar-refractivity contribution in [2.75, 3.05) is 5.75 Å². The van der Waals surface area contributed by atoms with Crippen LogP contribution in [-0.2, 0) is 4.79 Å². The molecule has 0 aromatic heterocycles. The van der Waals surface area contributed by atoms with Crippen molar-refractivity contribution in [3.63, 3.8) is 0 Å². The first-order chi connectivity index (χ1) is 13.1. The van der Waals surface area contributed by atoms with E-state index in [1.807, 2.05) is 12.1 Å². The molecule has 1 amide bonds. The summed E-state index contributed by atoms with van der Waals surface area (Å²) in [6.07, 6.45) is 0.827. The highest BCUT2D eigenvalue weighted by Crippen LogP contribution is 2.35. The highest BCUT2D eigenvalue weighted by Gasteiger charge is 2.36. The van der Waals surface area contributed by atoms with Crippen LogP contribution < -0.4 is 15.9 Å². The maximum Gasteiger partial charge on any atom is 0.276 e. The summed E-state index contributed by atoms with van der Waals surface area (Å²) in [7, 11) is 0. The first kappa shape index (κ1) is 17.8. The predicted molar refractivity (Wildman–Crippen MR) is 105 cm³/mol. The number of amides is 1. The summed E-state index contributed by atoms with van der Waals surface area (Å²) in [6, 6.07) is 11.6. The van der Waals surface area contributed by atoms with Crippen LogP contribution in [0.5, 0.6) is 0 Å². The molecule has 0 bridgehead atoms. The van der Waals surface area contributed by atoms with Crippen molar-refractivity contribution in [2.45, 2.75) is 6.17 Å². The summed E-state index contributed by atoms with van der Waals surface area (Å²) in [4.78, 5) is 17.5. The van der Waals surface area contributed by atoms with Crippen molar-refractivity contribution in [3.05, 3.63) is 82.1 Å².